The van der Waals surface area contributed by atoms with Crippen molar-refractivity contribution in [3.63, 3.8) is 0 Å². The van der Waals surface area contributed by atoms with E-state index in [0.717, 1.165) is 20.8 Å². The first-order chi connectivity index (χ1) is 8.65. The molecule has 1 aromatic carbocycles. The highest BCUT2D eigenvalue weighted by Crippen LogP contribution is 2.31. The van der Waals surface area contributed by atoms with Crippen molar-refractivity contribution in [2.24, 2.45) is 0 Å². The molecule has 0 fully saturated rings. The minimum Gasteiger partial charge on any atom is -0.476 e. The Morgan fingerprint density at radius 2 is 2.28 bits per heavy atom. The number of hydrogen-bond donors (Lipinski definition) is 1. The van der Waals surface area contributed by atoms with Crippen molar-refractivity contribution < 1.29 is 14.4 Å². The molecule has 0 aliphatic rings. The zero-order valence-corrected chi connectivity index (χ0v) is 10.2. The third kappa shape index (κ3) is 1.67. The molecule has 0 bridgehead atoms. The summed E-state index contributed by atoms with van der Waals surface area (Å²) in [5.41, 5.74) is 1.47. The van der Waals surface area contributed by atoms with Gasteiger partial charge in [0.25, 0.3) is 0 Å². The molecule has 2 aromatic heterocycles. The number of hydrogen-bond acceptors (Lipinski definition) is 5. The number of carboxylic acids is 1. The maximum Gasteiger partial charge on any atom is 0.358 e. The van der Waals surface area contributed by atoms with E-state index in [1.165, 1.54) is 6.07 Å². The van der Waals surface area contributed by atoms with E-state index in [1.54, 1.807) is 11.3 Å². The highest BCUT2D eigenvalue weighted by Gasteiger charge is 2.15. The number of aromatic carboxylic acids is 1. The van der Waals surface area contributed by atoms with E-state index < -0.39 is 5.97 Å². The van der Waals surface area contributed by atoms with E-state index in [2.05, 4.69) is 10.1 Å². The molecule has 0 spiro atoms. The molecule has 90 valence electrons. The Hall–Kier alpha value is -2.21. The van der Waals surface area contributed by atoms with E-state index in [4.69, 9.17) is 9.63 Å². The molecule has 0 atom stereocenters. The van der Waals surface area contributed by atoms with Crippen LogP contribution in [0, 0.1) is 6.92 Å². The Morgan fingerprint density at radius 1 is 1.44 bits per heavy atom. The molecular formula is C12H8N2O3S. The van der Waals surface area contributed by atoms with Crippen molar-refractivity contribution in [1.82, 2.24) is 10.1 Å². The van der Waals surface area contributed by atoms with Gasteiger partial charge >= 0.3 is 5.97 Å². The highest BCUT2D eigenvalue weighted by atomic mass is 32.1. The largest absolute Gasteiger partial charge is 0.476 e. The highest BCUT2D eigenvalue weighted by molar-refractivity contribution is 7.18. The van der Waals surface area contributed by atoms with Gasteiger partial charge in [0.05, 0.1) is 15.2 Å². The van der Waals surface area contributed by atoms with Gasteiger partial charge in [0.15, 0.2) is 11.5 Å². The van der Waals surface area contributed by atoms with E-state index in [1.807, 2.05) is 25.1 Å². The third-order valence-electron chi connectivity index (χ3n) is 2.52. The number of rotatable bonds is 2. The summed E-state index contributed by atoms with van der Waals surface area (Å²) in [6.07, 6.45) is 0. The van der Waals surface area contributed by atoms with E-state index in [0.29, 0.717) is 5.76 Å². The van der Waals surface area contributed by atoms with Crippen LogP contribution in [-0.4, -0.2) is 21.2 Å². The van der Waals surface area contributed by atoms with Crippen LogP contribution in [0.15, 0.2) is 28.8 Å². The van der Waals surface area contributed by atoms with Crippen LogP contribution >= 0.6 is 11.3 Å². The minimum atomic E-state index is -1.10. The van der Waals surface area contributed by atoms with Gasteiger partial charge in [-0.05, 0) is 19.1 Å². The lowest BCUT2D eigenvalue weighted by molar-refractivity contribution is 0.0686. The van der Waals surface area contributed by atoms with Gasteiger partial charge in [0.2, 0.25) is 0 Å². The Kier molecular flexibility index (Phi) is 2.38. The molecule has 0 aliphatic carbocycles. The summed E-state index contributed by atoms with van der Waals surface area (Å²) in [4.78, 5) is 15.2. The molecule has 0 saturated carbocycles. The van der Waals surface area contributed by atoms with Crippen molar-refractivity contribution in [3.8, 4) is 11.3 Å². The van der Waals surface area contributed by atoms with Gasteiger partial charge < -0.3 is 9.63 Å². The SMILES string of the molecule is Cc1nc2c(-c3cc(C(=O)O)no3)cccc2s1. The number of carbonyl (C=O) groups is 1. The number of aryl methyl sites for hydroxylation is 1. The number of thiazole rings is 1. The summed E-state index contributed by atoms with van der Waals surface area (Å²) in [6.45, 7) is 1.93. The van der Waals surface area contributed by atoms with Gasteiger partial charge in [-0.1, -0.05) is 11.2 Å². The Labute approximate surface area is 106 Å². The average molecular weight is 260 g/mol. The Morgan fingerprint density at radius 3 is 3.00 bits per heavy atom. The molecule has 18 heavy (non-hydrogen) atoms. The summed E-state index contributed by atoms with van der Waals surface area (Å²) >= 11 is 1.58. The fraction of sp³-hybridized carbons (Fsp3) is 0.0833. The summed E-state index contributed by atoms with van der Waals surface area (Å²) in [5, 5.41) is 13.3. The lowest BCUT2D eigenvalue weighted by Crippen LogP contribution is -1.94. The number of aromatic nitrogens is 2. The second-order valence-corrected chi connectivity index (χ2v) is 5.00. The Balaban J connectivity index is 2.21. The fourth-order valence-corrected chi connectivity index (χ4v) is 2.62. The van der Waals surface area contributed by atoms with Gasteiger partial charge in [0.1, 0.15) is 0 Å². The molecule has 5 nitrogen and oxygen atoms in total. The summed E-state index contributed by atoms with van der Waals surface area (Å²) in [6, 6.07) is 7.11. The van der Waals surface area contributed by atoms with Crippen LogP contribution in [0.4, 0.5) is 0 Å². The molecule has 0 aliphatic heterocycles. The number of nitrogens with zero attached hydrogens (tertiary/aromatic N) is 2. The Bertz CT molecular complexity index is 745. The second-order valence-electron chi connectivity index (χ2n) is 3.77. The predicted octanol–water partition coefficient (Wildman–Crippen LogP) is 2.96. The first kappa shape index (κ1) is 10.9. The molecule has 2 heterocycles. The van der Waals surface area contributed by atoms with Gasteiger partial charge in [-0.25, -0.2) is 9.78 Å². The molecule has 1 N–H and O–H groups in total. The van der Waals surface area contributed by atoms with Crippen molar-refractivity contribution >= 4 is 27.5 Å². The molecule has 0 radical (unpaired) electrons. The standard InChI is InChI=1S/C12H8N2O3S/c1-6-13-11-7(3-2-4-10(11)18-6)9-5-8(12(15)16)14-17-9/h2-5H,1H3,(H,15,16). The van der Waals surface area contributed by atoms with Crippen LogP contribution in [0.2, 0.25) is 0 Å². The quantitative estimate of drug-likeness (QED) is 0.766. The molecule has 0 unspecified atom stereocenters. The van der Waals surface area contributed by atoms with Crippen molar-refractivity contribution in [3.05, 3.63) is 35.0 Å². The predicted molar refractivity (Wildman–Crippen MR) is 66.8 cm³/mol. The summed E-state index contributed by atoms with van der Waals surface area (Å²) in [7, 11) is 0. The average Bonchev–Trinajstić information content (AvgIpc) is 2.92. The normalized spacial score (nSPS) is 10.9. The lowest BCUT2D eigenvalue weighted by Gasteiger charge is -1.95. The van der Waals surface area contributed by atoms with E-state index in [9.17, 15) is 4.79 Å². The van der Waals surface area contributed by atoms with E-state index in [-0.39, 0.29) is 5.69 Å². The van der Waals surface area contributed by atoms with Crippen LogP contribution in [0.5, 0.6) is 0 Å². The van der Waals surface area contributed by atoms with Crippen LogP contribution in [0.1, 0.15) is 15.5 Å². The lowest BCUT2D eigenvalue weighted by atomic mass is 10.1. The molecular weight excluding hydrogens is 252 g/mol. The monoisotopic (exact) mass is 260 g/mol. The van der Waals surface area contributed by atoms with Gasteiger partial charge in [-0.3, -0.25) is 0 Å². The zero-order valence-electron chi connectivity index (χ0n) is 9.38. The first-order valence-electron chi connectivity index (χ1n) is 5.21. The molecule has 3 rings (SSSR count). The van der Waals surface area contributed by atoms with E-state index >= 15 is 0 Å². The number of benzene rings is 1. The van der Waals surface area contributed by atoms with Crippen molar-refractivity contribution in [2.75, 3.05) is 0 Å². The number of fused-ring (bicyclic) bond motifs is 1. The van der Waals surface area contributed by atoms with Gasteiger partial charge in [-0.15, -0.1) is 11.3 Å². The topological polar surface area (TPSA) is 76.2 Å². The first-order valence-corrected chi connectivity index (χ1v) is 6.03. The molecule has 6 heteroatoms. The number of para-hydroxylation sites is 1. The zero-order chi connectivity index (χ0) is 12.7. The maximum atomic E-state index is 10.8. The van der Waals surface area contributed by atoms with Crippen molar-refractivity contribution in [2.45, 2.75) is 6.92 Å². The van der Waals surface area contributed by atoms with Crippen LogP contribution < -0.4 is 0 Å². The van der Waals surface area contributed by atoms with Gasteiger partial charge in [0, 0.05) is 11.6 Å². The fourth-order valence-electron chi connectivity index (χ4n) is 1.76. The van der Waals surface area contributed by atoms with Crippen molar-refractivity contribution in [1.29, 1.82) is 0 Å². The van der Waals surface area contributed by atoms with Crippen LogP contribution in [0.3, 0.4) is 0 Å². The number of carboxylic acid groups (broad SMARTS) is 1. The molecule has 0 amide bonds. The van der Waals surface area contributed by atoms with Gasteiger partial charge in [-0.2, -0.15) is 0 Å². The summed E-state index contributed by atoms with van der Waals surface area (Å²) in [5.74, 6) is -0.685. The third-order valence-corrected chi connectivity index (χ3v) is 3.46. The van der Waals surface area contributed by atoms with Crippen LogP contribution in [-0.2, 0) is 0 Å². The summed E-state index contributed by atoms with van der Waals surface area (Å²) < 4.78 is 6.10. The van der Waals surface area contributed by atoms with Crippen LogP contribution in [0.25, 0.3) is 21.5 Å². The maximum absolute atomic E-state index is 10.8. The molecule has 0 saturated heterocycles. The second kappa shape index (κ2) is 3.92. The molecule has 3 aromatic rings. The smallest absolute Gasteiger partial charge is 0.358 e. The minimum absolute atomic E-state index is 0.103.